The molecule has 0 spiro atoms. The van der Waals surface area contributed by atoms with Crippen molar-refractivity contribution in [2.75, 3.05) is 23.7 Å². The van der Waals surface area contributed by atoms with Gasteiger partial charge in [0.15, 0.2) is 0 Å². The van der Waals surface area contributed by atoms with Gasteiger partial charge in [-0.15, -0.1) is 0 Å². The van der Waals surface area contributed by atoms with Crippen molar-refractivity contribution < 1.29 is 18.0 Å². The number of para-hydroxylation sites is 1. The van der Waals surface area contributed by atoms with Crippen LogP contribution in [-0.4, -0.2) is 50.5 Å². The second-order valence-electron chi connectivity index (χ2n) is 10.1. The summed E-state index contributed by atoms with van der Waals surface area (Å²) in [6.07, 6.45) is 1.37. The highest BCUT2D eigenvalue weighted by Crippen LogP contribution is 2.24. The number of carbonyl (C=O) groups excluding carboxylic acids is 2. The first-order valence-corrected chi connectivity index (χ1v) is 15.5. The predicted molar refractivity (Wildman–Crippen MR) is 160 cm³/mol. The SMILES string of the molecule is Cc1ccccc1N(CC(=O)N(Cc1cccc(Br)c1)[C@@H](Cc1ccccc1)C(=O)NCC(C)C)S(C)(=O)=O. The molecule has 0 aliphatic rings. The molecule has 0 radical (unpaired) electrons. The largest absolute Gasteiger partial charge is 0.354 e. The van der Waals surface area contributed by atoms with Crippen LogP contribution in [0.4, 0.5) is 5.69 Å². The van der Waals surface area contributed by atoms with Crippen molar-refractivity contribution in [1.82, 2.24) is 10.2 Å². The molecule has 0 heterocycles. The van der Waals surface area contributed by atoms with Crippen LogP contribution in [0.1, 0.15) is 30.5 Å². The molecule has 0 aliphatic heterocycles. The van der Waals surface area contributed by atoms with Crippen LogP contribution >= 0.6 is 15.9 Å². The van der Waals surface area contributed by atoms with Crippen LogP contribution in [0.25, 0.3) is 0 Å². The normalized spacial score (nSPS) is 12.2. The van der Waals surface area contributed by atoms with Gasteiger partial charge in [-0.3, -0.25) is 13.9 Å². The molecule has 0 saturated heterocycles. The van der Waals surface area contributed by atoms with Gasteiger partial charge in [-0.05, 0) is 47.7 Å². The molecule has 0 bridgehead atoms. The minimum Gasteiger partial charge on any atom is -0.354 e. The number of aryl methyl sites for hydroxylation is 1. The van der Waals surface area contributed by atoms with Crippen molar-refractivity contribution in [3.8, 4) is 0 Å². The molecule has 0 aliphatic carbocycles. The number of nitrogens with zero attached hydrogens (tertiary/aromatic N) is 2. The number of nitrogens with one attached hydrogen (secondary N) is 1. The summed E-state index contributed by atoms with van der Waals surface area (Å²) in [6, 6.07) is 23.2. The fourth-order valence-corrected chi connectivity index (χ4v) is 5.60. The molecule has 0 aromatic heterocycles. The first-order chi connectivity index (χ1) is 18.5. The van der Waals surface area contributed by atoms with Crippen molar-refractivity contribution >= 4 is 43.5 Å². The standard InChI is InChI=1S/C30H36BrN3O4S/c1-22(2)19-32-30(36)28(18-24-12-6-5-7-13-24)33(20-25-14-10-15-26(31)17-25)29(35)21-34(39(4,37)38)27-16-9-8-11-23(27)3/h5-17,22,28H,18-21H2,1-4H3,(H,32,36)/t28-/m0/s1. The summed E-state index contributed by atoms with van der Waals surface area (Å²) in [4.78, 5) is 29.2. The van der Waals surface area contributed by atoms with Crippen LogP contribution in [0.3, 0.4) is 0 Å². The van der Waals surface area contributed by atoms with Crippen LogP contribution < -0.4 is 9.62 Å². The quantitative estimate of drug-likeness (QED) is 0.314. The van der Waals surface area contributed by atoms with E-state index < -0.39 is 28.5 Å². The summed E-state index contributed by atoms with van der Waals surface area (Å²) >= 11 is 3.48. The molecule has 9 heteroatoms. The number of hydrogen-bond donors (Lipinski definition) is 1. The van der Waals surface area contributed by atoms with Gasteiger partial charge in [0.1, 0.15) is 12.6 Å². The van der Waals surface area contributed by atoms with Gasteiger partial charge >= 0.3 is 0 Å². The van der Waals surface area contributed by atoms with Crippen LogP contribution in [0.5, 0.6) is 0 Å². The van der Waals surface area contributed by atoms with E-state index in [1.54, 1.807) is 25.1 Å². The Kier molecular flexibility index (Phi) is 10.7. The number of halogens is 1. The second-order valence-corrected chi connectivity index (χ2v) is 12.9. The van der Waals surface area contributed by atoms with Gasteiger partial charge in [-0.25, -0.2) is 8.42 Å². The van der Waals surface area contributed by atoms with Crippen molar-refractivity contribution in [2.24, 2.45) is 5.92 Å². The average molecular weight is 615 g/mol. The van der Waals surface area contributed by atoms with E-state index in [-0.39, 0.29) is 24.8 Å². The lowest BCUT2D eigenvalue weighted by Crippen LogP contribution is -2.53. The smallest absolute Gasteiger partial charge is 0.244 e. The van der Waals surface area contributed by atoms with Crippen LogP contribution in [-0.2, 0) is 32.6 Å². The van der Waals surface area contributed by atoms with E-state index >= 15 is 0 Å². The summed E-state index contributed by atoms with van der Waals surface area (Å²) in [5.41, 5.74) is 2.87. The van der Waals surface area contributed by atoms with Gasteiger partial charge in [0.25, 0.3) is 0 Å². The number of anilines is 1. The van der Waals surface area contributed by atoms with Gasteiger partial charge < -0.3 is 10.2 Å². The van der Waals surface area contributed by atoms with E-state index in [0.717, 1.165) is 31.7 Å². The monoisotopic (exact) mass is 613 g/mol. The van der Waals surface area contributed by atoms with Crippen molar-refractivity contribution in [2.45, 2.75) is 39.8 Å². The first-order valence-electron chi connectivity index (χ1n) is 12.8. The molecule has 0 saturated carbocycles. The number of sulfonamides is 1. The van der Waals surface area contributed by atoms with Crippen molar-refractivity contribution in [3.05, 3.63) is 100 Å². The van der Waals surface area contributed by atoms with E-state index in [9.17, 15) is 18.0 Å². The van der Waals surface area contributed by atoms with Crippen LogP contribution in [0, 0.1) is 12.8 Å². The molecule has 3 aromatic rings. The molecule has 208 valence electrons. The van der Waals surface area contributed by atoms with Gasteiger partial charge in [-0.2, -0.15) is 0 Å². The molecule has 0 fully saturated rings. The van der Waals surface area contributed by atoms with Gasteiger partial charge in [-0.1, -0.05) is 90.4 Å². The lowest BCUT2D eigenvalue weighted by Gasteiger charge is -2.34. The lowest BCUT2D eigenvalue weighted by molar-refractivity contribution is -0.140. The average Bonchev–Trinajstić information content (AvgIpc) is 2.88. The van der Waals surface area contributed by atoms with Crippen molar-refractivity contribution in [3.63, 3.8) is 0 Å². The third-order valence-electron chi connectivity index (χ3n) is 6.26. The maximum Gasteiger partial charge on any atom is 0.244 e. The Balaban J connectivity index is 2.05. The highest BCUT2D eigenvalue weighted by Gasteiger charge is 2.33. The highest BCUT2D eigenvalue weighted by atomic mass is 79.9. The molecule has 3 rings (SSSR count). The van der Waals surface area contributed by atoms with Gasteiger partial charge in [0.2, 0.25) is 21.8 Å². The van der Waals surface area contributed by atoms with Gasteiger partial charge in [0.05, 0.1) is 11.9 Å². The van der Waals surface area contributed by atoms with Crippen LogP contribution in [0.15, 0.2) is 83.3 Å². The lowest BCUT2D eigenvalue weighted by atomic mass is 10.0. The third kappa shape index (κ3) is 8.93. The van der Waals surface area contributed by atoms with Crippen LogP contribution in [0.2, 0.25) is 0 Å². The maximum absolute atomic E-state index is 14.1. The van der Waals surface area contributed by atoms with Gasteiger partial charge in [0, 0.05) is 24.0 Å². The molecule has 1 N–H and O–H groups in total. The molecule has 7 nitrogen and oxygen atoms in total. The minimum absolute atomic E-state index is 0.135. The molecule has 3 aromatic carbocycles. The maximum atomic E-state index is 14.1. The number of hydrogen-bond acceptors (Lipinski definition) is 4. The van der Waals surface area contributed by atoms with E-state index in [1.165, 1.54) is 4.90 Å². The number of amides is 2. The molecule has 39 heavy (non-hydrogen) atoms. The zero-order valence-corrected chi connectivity index (χ0v) is 25.2. The Hall–Kier alpha value is -3.17. The Morgan fingerprint density at radius 1 is 0.923 bits per heavy atom. The molecule has 2 amide bonds. The summed E-state index contributed by atoms with van der Waals surface area (Å²) < 4.78 is 27.7. The number of carbonyl (C=O) groups is 2. The fraction of sp³-hybridized carbons (Fsp3) is 0.333. The Morgan fingerprint density at radius 2 is 1.56 bits per heavy atom. The molecular weight excluding hydrogens is 578 g/mol. The van der Waals surface area contributed by atoms with E-state index in [4.69, 9.17) is 0 Å². The third-order valence-corrected chi connectivity index (χ3v) is 7.88. The zero-order valence-electron chi connectivity index (χ0n) is 22.8. The number of benzene rings is 3. The topological polar surface area (TPSA) is 86.8 Å². The molecule has 0 unspecified atom stereocenters. The van der Waals surface area contributed by atoms with E-state index in [2.05, 4.69) is 21.2 Å². The summed E-state index contributed by atoms with van der Waals surface area (Å²) in [7, 11) is -3.80. The van der Waals surface area contributed by atoms with Crippen molar-refractivity contribution in [1.29, 1.82) is 0 Å². The summed E-state index contributed by atoms with van der Waals surface area (Å²) in [5.74, 6) is -0.524. The second kappa shape index (κ2) is 13.8. The summed E-state index contributed by atoms with van der Waals surface area (Å²) in [6.45, 7) is 5.97. The fourth-order valence-electron chi connectivity index (χ4n) is 4.25. The molecular formula is C30H36BrN3O4S. The zero-order chi connectivity index (χ0) is 28.6. The summed E-state index contributed by atoms with van der Waals surface area (Å²) in [5, 5.41) is 2.99. The number of rotatable bonds is 12. The Morgan fingerprint density at radius 3 is 2.18 bits per heavy atom. The Labute approximate surface area is 240 Å². The van der Waals surface area contributed by atoms with E-state index in [1.807, 2.05) is 74.5 Å². The van der Waals surface area contributed by atoms with E-state index in [0.29, 0.717) is 12.2 Å². The minimum atomic E-state index is -3.80. The first kappa shape index (κ1) is 30.4. The Bertz CT molecular complexity index is 1380. The predicted octanol–water partition coefficient (Wildman–Crippen LogP) is 4.94. The molecule has 1 atom stereocenters. The highest BCUT2D eigenvalue weighted by molar-refractivity contribution is 9.10.